The first kappa shape index (κ1) is 20.3. The summed E-state index contributed by atoms with van der Waals surface area (Å²) in [6.07, 6.45) is 0.812. The molecule has 0 aliphatic rings. The molecule has 0 fully saturated rings. The van der Waals surface area contributed by atoms with Crippen LogP contribution in [0, 0.1) is 6.92 Å². The number of hydrogen-bond acceptors (Lipinski definition) is 4. The maximum absolute atomic E-state index is 6.00. The zero-order chi connectivity index (χ0) is 16.1. The molecule has 1 atom stereocenters. The molecule has 1 unspecified atom stereocenters. The van der Waals surface area contributed by atoms with Crippen molar-refractivity contribution in [2.75, 3.05) is 19.8 Å². The van der Waals surface area contributed by atoms with Crippen LogP contribution in [0.5, 0.6) is 0 Å². The summed E-state index contributed by atoms with van der Waals surface area (Å²) < 4.78 is 16.9. The second-order valence-corrected chi connectivity index (χ2v) is 7.39. The van der Waals surface area contributed by atoms with Crippen LogP contribution in [-0.2, 0) is 13.3 Å². The fraction of sp³-hybridized carbons (Fsp3) is 0.625. The third-order valence-corrected chi connectivity index (χ3v) is 6.26. The fourth-order valence-electron chi connectivity index (χ4n) is 1.83. The molecule has 0 aliphatic carbocycles. The average molecular weight is 314 g/mol. The zero-order valence-electron chi connectivity index (χ0n) is 14.1. The topological polar surface area (TPSA) is 53.7 Å². The summed E-state index contributed by atoms with van der Waals surface area (Å²) in [5.74, 6) is 0. The highest BCUT2D eigenvalue weighted by atomic mass is 28.4. The molecule has 21 heavy (non-hydrogen) atoms. The first-order valence-corrected chi connectivity index (χ1v) is 9.55. The Kier molecular flexibility index (Phi) is 11.5. The number of rotatable bonds is 8. The summed E-state index contributed by atoms with van der Waals surface area (Å²) in [4.78, 5) is 0. The van der Waals surface area contributed by atoms with Gasteiger partial charge in [0.1, 0.15) is 0 Å². The molecule has 0 amide bonds. The van der Waals surface area contributed by atoms with E-state index in [2.05, 4.69) is 19.1 Å². The molecule has 1 rings (SSSR count). The molecular formula is C16H31NO3Si. The Morgan fingerprint density at radius 2 is 1.33 bits per heavy atom. The Hall–Kier alpha value is -0.723. The van der Waals surface area contributed by atoms with E-state index in [-0.39, 0.29) is 5.67 Å². The van der Waals surface area contributed by atoms with Gasteiger partial charge < -0.3 is 19.0 Å². The van der Waals surface area contributed by atoms with E-state index in [0.717, 1.165) is 6.42 Å². The molecule has 0 aliphatic heterocycles. The SMILES string of the molecule is CCO[Si](OCC)(OCC)C(N)CC.Cc1ccccc1. The average Bonchev–Trinajstić information content (AvgIpc) is 2.48. The van der Waals surface area contributed by atoms with Crippen molar-refractivity contribution in [1.82, 2.24) is 0 Å². The van der Waals surface area contributed by atoms with Crippen LogP contribution in [0.15, 0.2) is 30.3 Å². The Bertz CT molecular complexity index is 332. The maximum Gasteiger partial charge on any atom is 0.518 e. The number of hydrogen-bond donors (Lipinski definition) is 1. The molecule has 1 aromatic carbocycles. The van der Waals surface area contributed by atoms with Crippen molar-refractivity contribution in [3.63, 3.8) is 0 Å². The van der Waals surface area contributed by atoms with Crippen molar-refractivity contribution in [3.8, 4) is 0 Å². The van der Waals surface area contributed by atoms with Gasteiger partial charge in [0, 0.05) is 19.8 Å². The molecule has 0 aromatic heterocycles. The van der Waals surface area contributed by atoms with Gasteiger partial charge in [-0.25, -0.2) is 0 Å². The molecule has 122 valence electrons. The van der Waals surface area contributed by atoms with Gasteiger partial charge in [-0.05, 0) is 34.1 Å². The van der Waals surface area contributed by atoms with Crippen molar-refractivity contribution < 1.29 is 13.3 Å². The summed E-state index contributed by atoms with van der Waals surface area (Å²) in [7, 11) is -2.62. The van der Waals surface area contributed by atoms with Gasteiger partial charge in [-0.2, -0.15) is 0 Å². The Labute approximate surface area is 131 Å². The lowest BCUT2D eigenvalue weighted by Crippen LogP contribution is -2.60. The molecule has 0 saturated heterocycles. The van der Waals surface area contributed by atoms with Gasteiger partial charge in [0.15, 0.2) is 0 Å². The summed E-state index contributed by atoms with van der Waals surface area (Å²) in [6, 6.07) is 10.3. The van der Waals surface area contributed by atoms with Gasteiger partial charge in [0.25, 0.3) is 0 Å². The van der Waals surface area contributed by atoms with E-state index >= 15 is 0 Å². The van der Waals surface area contributed by atoms with Crippen LogP contribution in [0.25, 0.3) is 0 Å². The molecule has 0 heterocycles. The Morgan fingerprint density at radius 3 is 1.57 bits per heavy atom. The molecule has 4 nitrogen and oxygen atoms in total. The lowest BCUT2D eigenvalue weighted by molar-refractivity contribution is 0.0618. The second kappa shape index (κ2) is 11.9. The van der Waals surface area contributed by atoms with E-state index in [1.807, 2.05) is 45.9 Å². The van der Waals surface area contributed by atoms with E-state index in [1.165, 1.54) is 5.56 Å². The Morgan fingerprint density at radius 1 is 0.905 bits per heavy atom. The number of nitrogens with two attached hydrogens (primary N) is 1. The van der Waals surface area contributed by atoms with Crippen LogP contribution in [0.2, 0.25) is 0 Å². The first-order valence-electron chi connectivity index (χ1n) is 7.75. The highest BCUT2D eigenvalue weighted by Crippen LogP contribution is 2.15. The normalized spacial score (nSPS) is 12.5. The first-order chi connectivity index (χ1) is 10.1. The second-order valence-electron chi connectivity index (χ2n) is 4.57. The zero-order valence-corrected chi connectivity index (χ0v) is 15.1. The van der Waals surface area contributed by atoms with E-state index in [4.69, 9.17) is 19.0 Å². The Balaban J connectivity index is 0.000000471. The monoisotopic (exact) mass is 313 g/mol. The minimum Gasteiger partial charge on any atom is -0.373 e. The van der Waals surface area contributed by atoms with Gasteiger partial charge in [-0.1, -0.05) is 42.8 Å². The summed E-state index contributed by atoms with van der Waals surface area (Å²) in [5, 5.41) is 0. The smallest absolute Gasteiger partial charge is 0.373 e. The molecule has 0 spiro atoms. The predicted molar refractivity (Wildman–Crippen MR) is 90.1 cm³/mol. The van der Waals surface area contributed by atoms with Gasteiger partial charge >= 0.3 is 8.80 Å². The highest BCUT2D eigenvalue weighted by molar-refractivity contribution is 6.62. The van der Waals surface area contributed by atoms with E-state index in [0.29, 0.717) is 19.8 Å². The number of aryl methyl sites for hydroxylation is 1. The molecule has 1 aromatic rings. The lowest BCUT2D eigenvalue weighted by atomic mass is 10.2. The maximum atomic E-state index is 6.00. The standard InChI is InChI=1S/C9H23NO3Si.C7H8/c1-5-9(10)14(11-6-2,12-7-3)13-8-4;1-7-5-3-2-4-6-7/h9H,5-8,10H2,1-4H3;2-6H,1H3. The van der Waals surface area contributed by atoms with Crippen LogP contribution in [0.3, 0.4) is 0 Å². The largest absolute Gasteiger partial charge is 0.518 e. The minimum atomic E-state index is -2.62. The lowest BCUT2D eigenvalue weighted by Gasteiger charge is -2.32. The van der Waals surface area contributed by atoms with E-state index in [1.54, 1.807) is 0 Å². The quantitative estimate of drug-likeness (QED) is 0.748. The molecule has 0 radical (unpaired) electrons. The third-order valence-electron chi connectivity index (χ3n) is 2.87. The van der Waals surface area contributed by atoms with Crippen LogP contribution in [0.1, 0.15) is 39.7 Å². The van der Waals surface area contributed by atoms with Crippen molar-refractivity contribution in [3.05, 3.63) is 35.9 Å². The summed E-state index contributed by atoms with van der Waals surface area (Å²) >= 11 is 0. The van der Waals surface area contributed by atoms with Crippen LogP contribution >= 0.6 is 0 Å². The van der Waals surface area contributed by atoms with Crippen molar-refractivity contribution in [1.29, 1.82) is 0 Å². The van der Waals surface area contributed by atoms with Crippen molar-refractivity contribution in [2.45, 2.75) is 46.7 Å². The third kappa shape index (κ3) is 7.73. The summed E-state index contributed by atoms with van der Waals surface area (Å²) in [6.45, 7) is 11.6. The van der Waals surface area contributed by atoms with Gasteiger partial charge in [-0.15, -0.1) is 0 Å². The van der Waals surface area contributed by atoms with Crippen LogP contribution in [-0.4, -0.2) is 34.3 Å². The number of benzene rings is 1. The van der Waals surface area contributed by atoms with E-state index in [9.17, 15) is 0 Å². The molecular weight excluding hydrogens is 282 g/mol. The molecule has 2 N–H and O–H groups in total. The van der Waals surface area contributed by atoms with Gasteiger partial charge in [-0.3, -0.25) is 0 Å². The predicted octanol–water partition coefficient (Wildman–Crippen LogP) is 3.31. The van der Waals surface area contributed by atoms with Crippen LogP contribution in [0.4, 0.5) is 0 Å². The minimum absolute atomic E-state index is 0.123. The van der Waals surface area contributed by atoms with Crippen molar-refractivity contribution >= 4 is 8.80 Å². The van der Waals surface area contributed by atoms with Gasteiger partial charge in [0.2, 0.25) is 0 Å². The fourth-order valence-corrected chi connectivity index (χ4v) is 4.43. The molecule has 0 bridgehead atoms. The highest BCUT2D eigenvalue weighted by Gasteiger charge is 2.46. The van der Waals surface area contributed by atoms with E-state index < -0.39 is 8.80 Å². The molecule has 0 saturated carbocycles. The molecule has 5 heteroatoms. The van der Waals surface area contributed by atoms with Gasteiger partial charge in [0.05, 0.1) is 5.67 Å². The summed E-state index contributed by atoms with van der Waals surface area (Å²) in [5.41, 5.74) is 7.20. The van der Waals surface area contributed by atoms with Crippen molar-refractivity contribution in [2.24, 2.45) is 5.73 Å². The van der Waals surface area contributed by atoms with Crippen LogP contribution < -0.4 is 5.73 Å².